The molecule has 0 saturated heterocycles. The second-order valence-corrected chi connectivity index (χ2v) is 5.90. The van der Waals surface area contributed by atoms with Crippen molar-refractivity contribution in [3.8, 4) is 0 Å². The Kier molecular flexibility index (Phi) is 6.62. The van der Waals surface area contributed by atoms with Gasteiger partial charge in [0.05, 0.1) is 6.04 Å². The van der Waals surface area contributed by atoms with Gasteiger partial charge in [-0.25, -0.2) is 0 Å². The van der Waals surface area contributed by atoms with Crippen LogP contribution in [0.15, 0.2) is 30.5 Å². The Morgan fingerprint density at radius 2 is 2.09 bits per heavy atom. The summed E-state index contributed by atoms with van der Waals surface area (Å²) in [7, 11) is 0. The van der Waals surface area contributed by atoms with Crippen LogP contribution in [0.25, 0.3) is 10.9 Å². The highest BCUT2D eigenvalue weighted by atomic mass is 16.2. The monoisotopic (exact) mass is 316 g/mol. The number of nitrogens with zero attached hydrogens (tertiary/aromatic N) is 1. The molecule has 2 aromatic rings. The molecule has 1 aromatic carbocycles. The average Bonchev–Trinajstić information content (AvgIpc) is 2.97. The van der Waals surface area contributed by atoms with Crippen molar-refractivity contribution >= 4 is 16.8 Å². The molecule has 2 rings (SSSR count). The molecule has 0 unspecified atom stereocenters. The van der Waals surface area contributed by atoms with Gasteiger partial charge in [-0.2, -0.15) is 0 Å². The number of amides is 1. The zero-order valence-electron chi connectivity index (χ0n) is 14.1. The number of fused-ring (bicyclic) bond motifs is 1. The van der Waals surface area contributed by atoms with Crippen LogP contribution in [-0.4, -0.2) is 48.0 Å². The molecule has 126 valence electrons. The van der Waals surface area contributed by atoms with Crippen molar-refractivity contribution in [2.24, 2.45) is 5.73 Å². The third-order valence-electron chi connectivity index (χ3n) is 4.17. The predicted molar refractivity (Wildman–Crippen MR) is 95.4 cm³/mol. The highest BCUT2D eigenvalue weighted by Crippen LogP contribution is 2.18. The number of benzene rings is 1. The van der Waals surface area contributed by atoms with Crippen LogP contribution in [0.1, 0.15) is 25.8 Å². The lowest BCUT2D eigenvalue weighted by Crippen LogP contribution is -2.44. The van der Waals surface area contributed by atoms with Crippen LogP contribution >= 0.6 is 0 Å². The van der Waals surface area contributed by atoms with E-state index in [1.807, 2.05) is 24.4 Å². The summed E-state index contributed by atoms with van der Waals surface area (Å²) in [5, 5.41) is 4.09. The number of hydrogen-bond acceptors (Lipinski definition) is 3. The summed E-state index contributed by atoms with van der Waals surface area (Å²) in [6.07, 6.45) is 3.61. The highest BCUT2D eigenvalue weighted by molar-refractivity contribution is 5.86. The first-order valence-electron chi connectivity index (χ1n) is 8.46. The molecule has 0 saturated carbocycles. The number of likely N-dealkylation sites (N-methyl/N-ethyl adjacent to an activating group) is 1. The van der Waals surface area contributed by atoms with Gasteiger partial charge < -0.3 is 20.9 Å². The topological polar surface area (TPSA) is 74.2 Å². The van der Waals surface area contributed by atoms with Crippen molar-refractivity contribution in [2.75, 3.05) is 26.2 Å². The van der Waals surface area contributed by atoms with Gasteiger partial charge in [-0.3, -0.25) is 4.79 Å². The average molecular weight is 316 g/mol. The smallest absolute Gasteiger partial charge is 0.237 e. The summed E-state index contributed by atoms with van der Waals surface area (Å²) < 4.78 is 0. The van der Waals surface area contributed by atoms with E-state index >= 15 is 0 Å². The molecule has 23 heavy (non-hydrogen) atoms. The number of nitrogens with two attached hydrogens (primary N) is 1. The van der Waals surface area contributed by atoms with E-state index in [-0.39, 0.29) is 5.91 Å². The lowest BCUT2D eigenvalue weighted by molar-refractivity contribution is -0.122. The minimum Gasteiger partial charge on any atom is -0.361 e. The van der Waals surface area contributed by atoms with Gasteiger partial charge in [-0.15, -0.1) is 0 Å². The van der Waals surface area contributed by atoms with Crippen molar-refractivity contribution in [1.82, 2.24) is 15.2 Å². The summed E-state index contributed by atoms with van der Waals surface area (Å²) in [6, 6.07) is 7.55. The SMILES string of the molecule is CCCN(CC)CCNC(=O)[C@@H](N)Cc1c[nH]c2ccccc12. The zero-order valence-corrected chi connectivity index (χ0v) is 14.1. The van der Waals surface area contributed by atoms with Crippen LogP contribution < -0.4 is 11.1 Å². The highest BCUT2D eigenvalue weighted by Gasteiger charge is 2.16. The first-order chi connectivity index (χ1) is 11.2. The van der Waals surface area contributed by atoms with Crippen LogP contribution in [-0.2, 0) is 11.2 Å². The third-order valence-corrected chi connectivity index (χ3v) is 4.17. The molecule has 1 atom stereocenters. The minimum absolute atomic E-state index is 0.0807. The Morgan fingerprint density at radius 3 is 2.83 bits per heavy atom. The fourth-order valence-corrected chi connectivity index (χ4v) is 2.84. The van der Waals surface area contributed by atoms with Crippen molar-refractivity contribution < 1.29 is 4.79 Å². The molecule has 1 amide bonds. The van der Waals surface area contributed by atoms with E-state index in [1.165, 1.54) is 0 Å². The van der Waals surface area contributed by atoms with Crippen molar-refractivity contribution in [3.05, 3.63) is 36.0 Å². The second-order valence-electron chi connectivity index (χ2n) is 5.90. The van der Waals surface area contributed by atoms with Gasteiger partial charge in [0.15, 0.2) is 0 Å². The Balaban J connectivity index is 1.83. The Morgan fingerprint density at radius 1 is 1.30 bits per heavy atom. The number of aromatic amines is 1. The van der Waals surface area contributed by atoms with Crippen LogP contribution in [0.3, 0.4) is 0 Å². The molecule has 0 fully saturated rings. The predicted octanol–water partition coefficient (Wildman–Crippen LogP) is 1.89. The fourth-order valence-electron chi connectivity index (χ4n) is 2.84. The van der Waals surface area contributed by atoms with Gasteiger partial charge in [-0.1, -0.05) is 32.0 Å². The summed E-state index contributed by atoms with van der Waals surface area (Å²) in [5.41, 5.74) is 8.23. The number of para-hydroxylation sites is 1. The summed E-state index contributed by atoms with van der Waals surface area (Å²) in [5.74, 6) is -0.0807. The van der Waals surface area contributed by atoms with Gasteiger partial charge in [0, 0.05) is 30.2 Å². The van der Waals surface area contributed by atoms with Gasteiger partial charge in [0.25, 0.3) is 0 Å². The van der Waals surface area contributed by atoms with Gasteiger partial charge in [-0.05, 0) is 37.6 Å². The van der Waals surface area contributed by atoms with Gasteiger partial charge >= 0.3 is 0 Å². The molecule has 0 aliphatic carbocycles. The summed E-state index contributed by atoms with van der Waals surface area (Å²) >= 11 is 0. The Labute approximate surface area is 138 Å². The van der Waals surface area contributed by atoms with E-state index in [1.54, 1.807) is 0 Å². The molecule has 4 N–H and O–H groups in total. The van der Waals surface area contributed by atoms with Crippen molar-refractivity contribution in [1.29, 1.82) is 0 Å². The lowest BCUT2D eigenvalue weighted by Gasteiger charge is -2.20. The number of aromatic nitrogens is 1. The molecule has 1 heterocycles. The van der Waals surface area contributed by atoms with E-state index < -0.39 is 6.04 Å². The van der Waals surface area contributed by atoms with E-state index in [2.05, 4.69) is 35.1 Å². The molecule has 5 heteroatoms. The molecular formula is C18H28N4O. The summed E-state index contributed by atoms with van der Waals surface area (Å²) in [4.78, 5) is 17.7. The van der Waals surface area contributed by atoms with E-state index in [9.17, 15) is 4.79 Å². The second kappa shape index (κ2) is 8.70. The maximum atomic E-state index is 12.2. The van der Waals surface area contributed by atoms with Gasteiger partial charge in [0.2, 0.25) is 5.91 Å². The first kappa shape index (κ1) is 17.5. The van der Waals surface area contributed by atoms with Crippen LogP contribution in [0.5, 0.6) is 0 Å². The quantitative estimate of drug-likeness (QED) is 0.661. The largest absolute Gasteiger partial charge is 0.361 e. The van der Waals surface area contributed by atoms with E-state index in [4.69, 9.17) is 5.73 Å². The van der Waals surface area contributed by atoms with Crippen LogP contribution in [0.2, 0.25) is 0 Å². The van der Waals surface area contributed by atoms with Crippen LogP contribution in [0.4, 0.5) is 0 Å². The number of nitrogens with one attached hydrogen (secondary N) is 2. The lowest BCUT2D eigenvalue weighted by atomic mass is 10.1. The molecule has 0 radical (unpaired) electrons. The zero-order chi connectivity index (χ0) is 16.7. The number of rotatable bonds is 9. The number of H-pyrrole nitrogens is 1. The number of carbonyl (C=O) groups is 1. The standard InChI is InChI=1S/C18H28N4O/c1-3-10-22(4-2)11-9-20-18(23)16(19)12-14-13-21-17-8-6-5-7-15(14)17/h5-8,13,16,21H,3-4,9-12,19H2,1-2H3,(H,20,23)/t16-/m0/s1. The minimum atomic E-state index is -0.518. The molecule has 0 aliphatic heterocycles. The molecule has 0 bridgehead atoms. The Bertz CT molecular complexity index is 622. The maximum absolute atomic E-state index is 12.2. The maximum Gasteiger partial charge on any atom is 0.237 e. The van der Waals surface area contributed by atoms with Gasteiger partial charge in [0.1, 0.15) is 0 Å². The fraction of sp³-hybridized carbons (Fsp3) is 0.500. The molecule has 0 spiro atoms. The van der Waals surface area contributed by atoms with Crippen molar-refractivity contribution in [3.63, 3.8) is 0 Å². The van der Waals surface area contributed by atoms with Crippen molar-refractivity contribution in [2.45, 2.75) is 32.7 Å². The van der Waals surface area contributed by atoms with Crippen LogP contribution in [0, 0.1) is 0 Å². The molecule has 0 aliphatic rings. The van der Waals surface area contributed by atoms with E-state index in [0.29, 0.717) is 13.0 Å². The summed E-state index contributed by atoms with van der Waals surface area (Å²) in [6.45, 7) is 7.89. The number of hydrogen-bond donors (Lipinski definition) is 3. The van der Waals surface area contributed by atoms with E-state index in [0.717, 1.165) is 42.5 Å². The normalized spacial score (nSPS) is 12.7. The molecule has 5 nitrogen and oxygen atoms in total. The Hall–Kier alpha value is -1.85. The molecule has 1 aromatic heterocycles. The molecular weight excluding hydrogens is 288 g/mol. The third kappa shape index (κ3) is 4.81. The first-order valence-corrected chi connectivity index (χ1v) is 8.46. The number of carbonyl (C=O) groups excluding carboxylic acids is 1.